The zero-order chi connectivity index (χ0) is 10.3. The van der Waals surface area contributed by atoms with Gasteiger partial charge in [-0.15, -0.1) is 0 Å². The average molecular weight is 205 g/mol. The molecule has 0 amide bonds. The first kappa shape index (κ1) is 9.04. The number of hydrogen-bond acceptors (Lipinski definition) is 3. The Morgan fingerprint density at radius 2 is 1.73 bits per heavy atom. The molecular weight excluding hydrogens is 190 g/mol. The molecule has 0 saturated heterocycles. The third kappa shape index (κ3) is 1.57. The van der Waals surface area contributed by atoms with Crippen LogP contribution in [0, 0.1) is 0 Å². The van der Waals surface area contributed by atoms with Crippen molar-refractivity contribution in [2.75, 3.05) is 26.8 Å². The highest BCUT2D eigenvalue weighted by molar-refractivity contribution is 5.48. The van der Waals surface area contributed by atoms with Crippen LogP contribution in [0.1, 0.15) is 11.1 Å². The molecular formula is C12H15NO2. The summed E-state index contributed by atoms with van der Waals surface area (Å²) >= 11 is 0. The molecule has 0 bridgehead atoms. The van der Waals surface area contributed by atoms with Crippen LogP contribution in [0.2, 0.25) is 0 Å². The zero-order valence-electron chi connectivity index (χ0n) is 8.95. The Morgan fingerprint density at radius 1 is 1.07 bits per heavy atom. The van der Waals surface area contributed by atoms with Crippen molar-refractivity contribution in [3.8, 4) is 11.5 Å². The maximum atomic E-state index is 5.58. The van der Waals surface area contributed by atoms with Gasteiger partial charge in [-0.1, -0.05) is 0 Å². The maximum Gasteiger partial charge on any atom is 0.161 e. The fraction of sp³-hybridized carbons (Fsp3) is 0.500. The third-order valence-corrected chi connectivity index (χ3v) is 3.07. The maximum absolute atomic E-state index is 5.58. The second-order valence-electron chi connectivity index (χ2n) is 4.25. The molecule has 0 radical (unpaired) electrons. The molecule has 2 aliphatic heterocycles. The van der Waals surface area contributed by atoms with E-state index in [9.17, 15) is 0 Å². The first-order chi connectivity index (χ1) is 7.33. The van der Waals surface area contributed by atoms with E-state index in [-0.39, 0.29) is 0 Å². The number of benzene rings is 1. The lowest BCUT2D eigenvalue weighted by Crippen LogP contribution is -2.27. The van der Waals surface area contributed by atoms with Crippen LogP contribution < -0.4 is 9.47 Å². The van der Waals surface area contributed by atoms with Gasteiger partial charge in [-0.3, -0.25) is 0 Å². The van der Waals surface area contributed by atoms with Crippen molar-refractivity contribution in [3.63, 3.8) is 0 Å². The summed E-state index contributed by atoms with van der Waals surface area (Å²) in [5.74, 6) is 1.83. The monoisotopic (exact) mass is 205 g/mol. The van der Waals surface area contributed by atoms with Gasteiger partial charge in [0, 0.05) is 13.1 Å². The van der Waals surface area contributed by atoms with E-state index in [0.29, 0.717) is 13.2 Å². The van der Waals surface area contributed by atoms with Crippen molar-refractivity contribution < 1.29 is 9.47 Å². The Bertz CT molecular complexity index is 389. The molecule has 80 valence electrons. The molecule has 2 heterocycles. The summed E-state index contributed by atoms with van der Waals surface area (Å²) in [6, 6.07) is 4.29. The molecule has 0 N–H and O–H groups in total. The minimum absolute atomic E-state index is 0.668. The molecule has 1 aromatic carbocycles. The van der Waals surface area contributed by atoms with Crippen LogP contribution in [0.15, 0.2) is 12.1 Å². The van der Waals surface area contributed by atoms with Crippen LogP contribution in [-0.2, 0) is 13.0 Å². The van der Waals surface area contributed by atoms with Gasteiger partial charge >= 0.3 is 0 Å². The Balaban J connectivity index is 2.02. The van der Waals surface area contributed by atoms with E-state index in [4.69, 9.17) is 9.47 Å². The fourth-order valence-electron chi connectivity index (χ4n) is 2.23. The van der Waals surface area contributed by atoms with Gasteiger partial charge in [-0.2, -0.15) is 0 Å². The Kier molecular flexibility index (Phi) is 2.06. The minimum atomic E-state index is 0.668. The standard InChI is InChI=1S/C12H15NO2/c1-13-3-2-9-6-11-12(7-10(9)8-13)15-5-4-14-11/h6-7H,2-5,8H2,1H3. The van der Waals surface area contributed by atoms with Gasteiger partial charge in [0.05, 0.1) is 0 Å². The Labute approximate surface area is 89.6 Å². The summed E-state index contributed by atoms with van der Waals surface area (Å²) in [5.41, 5.74) is 2.80. The highest BCUT2D eigenvalue weighted by Gasteiger charge is 2.19. The lowest BCUT2D eigenvalue weighted by molar-refractivity contribution is 0.170. The Morgan fingerprint density at radius 3 is 2.47 bits per heavy atom. The van der Waals surface area contributed by atoms with Gasteiger partial charge in [0.1, 0.15) is 13.2 Å². The molecule has 2 aliphatic rings. The summed E-state index contributed by atoms with van der Waals surface area (Å²) in [6.07, 6.45) is 1.11. The average Bonchev–Trinajstić information content (AvgIpc) is 2.26. The second-order valence-corrected chi connectivity index (χ2v) is 4.25. The van der Waals surface area contributed by atoms with Crippen LogP contribution in [0.5, 0.6) is 11.5 Å². The number of ether oxygens (including phenoxy) is 2. The first-order valence-electron chi connectivity index (χ1n) is 5.43. The normalized spacial score (nSPS) is 19.8. The highest BCUT2D eigenvalue weighted by Crippen LogP contribution is 2.35. The van der Waals surface area contributed by atoms with Crippen molar-refractivity contribution in [3.05, 3.63) is 23.3 Å². The van der Waals surface area contributed by atoms with Crippen molar-refractivity contribution >= 4 is 0 Å². The molecule has 0 unspecified atom stereocenters. The van der Waals surface area contributed by atoms with Crippen LogP contribution in [0.3, 0.4) is 0 Å². The lowest BCUT2D eigenvalue weighted by Gasteiger charge is -2.27. The fourth-order valence-corrected chi connectivity index (χ4v) is 2.23. The van der Waals surface area contributed by atoms with Gasteiger partial charge in [0.15, 0.2) is 11.5 Å². The number of hydrogen-bond donors (Lipinski definition) is 0. The van der Waals surface area contributed by atoms with E-state index in [1.165, 1.54) is 11.1 Å². The molecule has 0 aromatic heterocycles. The second kappa shape index (κ2) is 3.42. The molecule has 0 spiro atoms. The van der Waals surface area contributed by atoms with Gasteiger partial charge in [0.25, 0.3) is 0 Å². The quantitative estimate of drug-likeness (QED) is 0.640. The summed E-state index contributed by atoms with van der Waals surface area (Å²) in [5, 5.41) is 0. The molecule has 3 heteroatoms. The van der Waals surface area contributed by atoms with E-state index in [2.05, 4.69) is 24.1 Å². The van der Waals surface area contributed by atoms with Crippen LogP contribution >= 0.6 is 0 Å². The molecule has 3 nitrogen and oxygen atoms in total. The molecule has 1 aromatic rings. The molecule has 3 rings (SSSR count). The molecule has 0 atom stereocenters. The lowest BCUT2D eigenvalue weighted by atomic mass is 9.99. The summed E-state index contributed by atoms with van der Waals surface area (Å²) < 4.78 is 11.2. The summed E-state index contributed by atoms with van der Waals surface area (Å²) in [4.78, 5) is 2.33. The smallest absolute Gasteiger partial charge is 0.161 e. The van der Waals surface area contributed by atoms with Gasteiger partial charge in [-0.05, 0) is 36.7 Å². The molecule has 0 aliphatic carbocycles. The number of nitrogens with zero attached hydrogens (tertiary/aromatic N) is 1. The van der Waals surface area contributed by atoms with Crippen LogP contribution in [0.25, 0.3) is 0 Å². The van der Waals surface area contributed by atoms with Gasteiger partial charge in [0.2, 0.25) is 0 Å². The van der Waals surface area contributed by atoms with Crippen molar-refractivity contribution in [2.24, 2.45) is 0 Å². The van der Waals surface area contributed by atoms with Crippen molar-refractivity contribution in [2.45, 2.75) is 13.0 Å². The van der Waals surface area contributed by atoms with E-state index in [1.54, 1.807) is 0 Å². The highest BCUT2D eigenvalue weighted by atomic mass is 16.6. The van der Waals surface area contributed by atoms with E-state index < -0.39 is 0 Å². The largest absolute Gasteiger partial charge is 0.486 e. The van der Waals surface area contributed by atoms with E-state index in [0.717, 1.165) is 31.0 Å². The molecule has 0 fully saturated rings. The SMILES string of the molecule is CN1CCc2cc3c(cc2C1)OCCO3. The van der Waals surface area contributed by atoms with Crippen molar-refractivity contribution in [1.82, 2.24) is 4.90 Å². The Hall–Kier alpha value is -1.22. The third-order valence-electron chi connectivity index (χ3n) is 3.07. The zero-order valence-corrected chi connectivity index (χ0v) is 8.95. The van der Waals surface area contributed by atoms with Crippen LogP contribution in [0.4, 0.5) is 0 Å². The first-order valence-corrected chi connectivity index (χ1v) is 5.43. The number of rotatable bonds is 0. The van der Waals surface area contributed by atoms with E-state index >= 15 is 0 Å². The summed E-state index contributed by atoms with van der Waals surface area (Å²) in [7, 11) is 2.15. The minimum Gasteiger partial charge on any atom is -0.486 e. The molecule has 0 saturated carbocycles. The van der Waals surface area contributed by atoms with E-state index in [1.807, 2.05) is 0 Å². The van der Waals surface area contributed by atoms with Gasteiger partial charge in [-0.25, -0.2) is 0 Å². The predicted molar refractivity (Wildman–Crippen MR) is 57.5 cm³/mol. The molecule has 15 heavy (non-hydrogen) atoms. The number of fused-ring (bicyclic) bond motifs is 2. The topological polar surface area (TPSA) is 21.7 Å². The predicted octanol–water partition coefficient (Wildman–Crippen LogP) is 1.45. The van der Waals surface area contributed by atoms with Gasteiger partial charge < -0.3 is 14.4 Å². The summed E-state index contributed by atoms with van der Waals surface area (Å²) in [6.45, 7) is 3.49. The van der Waals surface area contributed by atoms with Crippen LogP contribution in [-0.4, -0.2) is 31.7 Å². The van der Waals surface area contributed by atoms with Crippen molar-refractivity contribution in [1.29, 1.82) is 0 Å². The number of likely N-dealkylation sites (N-methyl/N-ethyl adjacent to an activating group) is 1.